The maximum Gasteiger partial charge on any atom is 0.435 e. The van der Waals surface area contributed by atoms with Crippen molar-refractivity contribution in [3.05, 3.63) is 18.0 Å². The van der Waals surface area contributed by atoms with Crippen molar-refractivity contribution in [1.82, 2.24) is 9.78 Å². The Bertz CT molecular complexity index is 303. The van der Waals surface area contributed by atoms with E-state index in [1.54, 1.807) is 0 Å². The average Bonchev–Trinajstić information content (AvgIpc) is 2.29. The van der Waals surface area contributed by atoms with Crippen molar-refractivity contribution >= 4 is 0 Å². The first-order chi connectivity index (χ1) is 6.07. The van der Waals surface area contributed by atoms with Crippen LogP contribution in [0.1, 0.15) is 11.7 Å². The van der Waals surface area contributed by atoms with E-state index in [0.29, 0.717) is 13.2 Å². The lowest BCUT2D eigenvalue weighted by molar-refractivity contribution is -0.142. The van der Waals surface area contributed by atoms with Crippen LogP contribution in [0.3, 0.4) is 0 Å². The fourth-order valence-electron chi connectivity index (χ4n) is 1.07. The summed E-state index contributed by atoms with van der Waals surface area (Å²) in [5.74, 6) is 0. The van der Waals surface area contributed by atoms with Gasteiger partial charge in [-0.25, -0.2) is 0 Å². The molecular weight excluding hydrogens is 185 g/mol. The predicted molar refractivity (Wildman–Crippen MR) is 37.1 cm³/mol. The van der Waals surface area contributed by atoms with Gasteiger partial charge in [0.05, 0.1) is 19.3 Å². The number of aromatic nitrogens is 2. The van der Waals surface area contributed by atoms with Gasteiger partial charge in [-0.15, -0.1) is 0 Å². The molecule has 0 spiro atoms. The predicted octanol–water partition coefficient (Wildman–Crippen LogP) is 1.47. The molecule has 1 aromatic heterocycles. The van der Waals surface area contributed by atoms with Crippen LogP contribution in [-0.2, 0) is 10.9 Å². The zero-order chi connectivity index (χ0) is 9.47. The van der Waals surface area contributed by atoms with Crippen LogP contribution in [0.25, 0.3) is 0 Å². The van der Waals surface area contributed by atoms with E-state index in [9.17, 15) is 13.2 Å². The molecule has 0 N–H and O–H groups in total. The van der Waals surface area contributed by atoms with Gasteiger partial charge in [-0.1, -0.05) is 0 Å². The van der Waals surface area contributed by atoms with Gasteiger partial charge in [0.1, 0.15) is 0 Å². The molecule has 13 heavy (non-hydrogen) atoms. The van der Waals surface area contributed by atoms with Gasteiger partial charge in [0.15, 0.2) is 5.69 Å². The lowest BCUT2D eigenvalue weighted by atomic mass is 10.3. The summed E-state index contributed by atoms with van der Waals surface area (Å²) in [7, 11) is 0. The third-order valence-corrected chi connectivity index (χ3v) is 1.89. The largest absolute Gasteiger partial charge is 0.435 e. The van der Waals surface area contributed by atoms with E-state index < -0.39 is 11.9 Å². The molecule has 2 rings (SSSR count). The molecule has 2 heterocycles. The molecule has 3 nitrogen and oxygen atoms in total. The van der Waals surface area contributed by atoms with Gasteiger partial charge in [-0.05, 0) is 6.07 Å². The van der Waals surface area contributed by atoms with Crippen LogP contribution in [0, 0.1) is 0 Å². The lowest BCUT2D eigenvalue weighted by Gasteiger charge is -2.25. The van der Waals surface area contributed by atoms with Crippen LogP contribution in [0.15, 0.2) is 12.3 Å². The van der Waals surface area contributed by atoms with E-state index in [1.807, 2.05) is 0 Å². The van der Waals surface area contributed by atoms with Crippen molar-refractivity contribution in [3.8, 4) is 0 Å². The van der Waals surface area contributed by atoms with Crippen LogP contribution in [-0.4, -0.2) is 23.0 Å². The monoisotopic (exact) mass is 192 g/mol. The first-order valence-electron chi connectivity index (χ1n) is 3.77. The molecule has 72 valence electrons. The summed E-state index contributed by atoms with van der Waals surface area (Å²) in [6.07, 6.45) is -3.02. The number of rotatable bonds is 1. The van der Waals surface area contributed by atoms with E-state index in [4.69, 9.17) is 4.74 Å². The second-order valence-electron chi connectivity index (χ2n) is 2.87. The molecule has 0 amide bonds. The van der Waals surface area contributed by atoms with Crippen LogP contribution in [0.4, 0.5) is 13.2 Å². The van der Waals surface area contributed by atoms with Crippen molar-refractivity contribution in [3.63, 3.8) is 0 Å². The summed E-state index contributed by atoms with van der Waals surface area (Å²) in [5.41, 5.74) is -0.848. The SMILES string of the molecule is FC(F)(F)c1ccn(C2COC2)n1. The van der Waals surface area contributed by atoms with Gasteiger partial charge in [-0.3, -0.25) is 4.68 Å². The molecule has 1 aliphatic heterocycles. The molecule has 0 unspecified atom stereocenters. The molecular formula is C7H7F3N2O. The van der Waals surface area contributed by atoms with Gasteiger partial charge in [-0.2, -0.15) is 18.3 Å². The molecule has 0 aliphatic carbocycles. The molecule has 0 atom stereocenters. The maximum absolute atomic E-state index is 12.1. The van der Waals surface area contributed by atoms with E-state index in [0.717, 1.165) is 6.07 Å². The van der Waals surface area contributed by atoms with Crippen molar-refractivity contribution < 1.29 is 17.9 Å². The quantitative estimate of drug-likeness (QED) is 0.673. The number of ether oxygens (including phenoxy) is 1. The zero-order valence-electron chi connectivity index (χ0n) is 6.58. The summed E-state index contributed by atoms with van der Waals surface area (Å²) in [4.78, 5) is 0. The van der Waals surface area contributed by atoms with Crippen LogP contribution in [0.2, 0.25) is 0 Å². The van der Waals surface area contributed by atoms with Gasteiger partial charge in [0.2, 0.25) is 0 Å². The summed E-state index contributed by atoms with van der Waals surface area (Å²) < 4.78 is 42.4. The summed E-state index contributed by atoms with van der Waals surface area (Å²) >= 11 is 0. The minimum atomic E-state index is -4.35. The first kappa shape index (κ1) is 8.55. The molecule has 0 bridgehead atoms. The number of halogens is 3. The molecule has 1 aromatic rings. The minimum Gasteiger partial charge on any atom is -0.377 e. The fraction of sp³-hybridized carbons (Fsp3) is 0.571. The highest BCUT2D eigenvalue weighted by Gasteiger charge is 2.34. The Labute approximate surface area is 72.1 Å². The normalized spacial score (nSPS) is 18.7. The molecule has 0 saturated carbocycles. The summed E-state index contributed by atoms with van der Waals surface area (Å²) in [6, 6.07) is 0.939. The highest BCUT2D eigenvalue weighted by atomic mass is 19.4. The number of hydrogen-bond acceptors (Lipinski definition) is 2. The number of nitrogens with zero attached hydrogens (tertiary/aromatic N) is 2. The third-order valence-electron chi connectivity index (χ3n) is 1.89. The lowest BCUT2D eigenvalue weighted by Crippen LogP contribution is -2.31. The van der Waals surface area contributed by atoms with Gasteiger partial charge in [0, 0.05) is 6.20 Å². The Morgan fingerprint density at radius 1 is 1.46 bits per heavy atom. The van der Waals surface area contributed by atoms with Crippen molar-refractivity contribution in [2.75, 3.05) is 13.2 Å². The zero-order valence-corrected chi connectivity index (χ0v) is 6.58. The topological polar surface area (TPSA) is 27.1 Å². The standard InChI is InChI=1S/C7H7F3N2O/c8-7(9,10)6-1-2-12(11-6)5-3-13-4-5/h1-2,5H,3-4H2. The molecule has 6 heteroatoms. The minimum absolute atomic E-state index is 0.0314. The van der Waals surface area contributed by atoms with Crippen molar-refractivity contribution in [2.45, 2.75) is 12.2 Å². The Morgan fingerprint density at radius 3 is 2.54 bits per heavy atom. The number of hydrogen-bond donors (Lipinski definition) is 0. The fourth-order valence-corrected chi connectivity index (χ4v) is 1.07. The summed E-state index contributed by atoms with van der Waals surface area (Å²) in [5, 5.41) is 3.42. The Kier molecular flexibility index (Phi) is 1.80. The van der Waals surface area contributed by atoms with Gasteiger partial charge < -0.3 is 4.74 Å². The first-order valence-corrected chi connectivity index (χ1v) is 3.77. The Balaban J connectivity index is 2.17. The van der Waals surface area contributed by atoms with E-state index in [-0.39, 0.29) is 6.04 Å². The van der Waals surface area contributed by atoms with Crippen LogP contribution < -0.4 is 0 Å². The molecule has 1 fully saturated rings. The smallest absolute Gasteiger partial charge is 0.377 e. The van der Waals surface area contributed by atoms with Crippen LogP contribution in [0.5, 0.6) is 0 Å². The molecule has 0 radical (unpaired) electrons. The van der Waals surface area contributed by atoms with E-state index >= 15 is 0 Å². The third kappa shape index (κ3) is 1.53. The highest BCUT2D eigenvalue weighted by molar-refractivity contribution is 5.04. The molecule has 1 saturated heterocycles. The molecule has 1 aliphatic rings. The highest BCUT2D eigenvalue weighted by Crippen LogP contribution is 2.28. The second kappa shape index (κ2) is 2.73. The molecule has 0 aromatic carbocycles. The Hall–Kier alpha value is -1.04. The van der Waals surface area contributed by atoms with Gasteiger partial charge >= 0.3 is 6.18 Å². The summed E-state index contributed by atoms with van der Waals surface area (Å²) in [6.45, 7) is 0.887. The van der Waals surface area contributed by atoms with Gasteiger partial charge in [0.25, 0.3) is 0 Å². The number of alkyl halides is 3. The van der Waals surface area contributed by atoms with Crippen molar-refractivity contribution in [2.24, 2.45) is 0 Å². The van der Waals surface area contributed by atoms with E-state index in [2.05, 4.69) is 5.10 Å². The Morgan fingerprint density at radius 2 is 2.15 bits per heavy atom. The average molecular weight is 192 g/mol. The van der Waals surface area contributed by atoms with Crippen LogP contribution >= 0.6 is 0 Å². The maximum atomic E-state index is 12.1. The van der Waals surface area contributed by atoms with Crippen molar-refractivity contribution in [1.29, 1.82) is 0 Å². The second-order valence-corrected chi connectivity index (χ2v) is 2.87. The van der Waals surface area contributed by atoms with E-state index in [1.165, 1.54) is 10.9 Å².